The summed E-state index contributed by atoms with van der Waals surface area (Å²) in [5.74, 6) is 0.360. The molecule has 0 bridgehead atoms. The van der Waals surface area contributed by atoms with E-state index in [2.05, 4.69) is 48.5 Å². The number of hydrogen-bond acceptors (Lipinski definition) is 15. The Morgan fingerprint density at radius 1 is 0.271 bits per heavy atom. The molecule has 107 heavy (non-hydrogen) atoms. The number of ether oxygens (including phenoxy) is 4. The first-order valence-corrected chi connectivity index (χ1v) is 48.4. The molecule has 0 aromatic rings. The molecular formula is C88H172O17P2. The molecule has 0 aromatic heterocycles. The van der Waals surface area contributed by atoms with Crippen molar-refractivity contribution in [2.75, 3.05) is 39.6 Å². The summed E-state index contributed by atoms with van der Waals surface area (Å²) in [7, 11) is -9.93. The van der Waals surface area contributed by atoms with E-state index in [9.17, 15) is 43.2 Å². The molecule has 636 valence electrons. The van der Waals surface area contributed by atoms with Crippen molar-refractivity contribution in [3.63, 3.8) is 0 Å². The van der Waals surface area contributed by atoms with Gasteiger partial charge in [-0.2, -0.15) is 0 Å². The molecule has 4 unspecified atom stereocenters. The summed E-state index contributed by atoms with van der Waals surface area (Å²) < 4.78 is 69.0. The monoisotopic (exact) mass is 1560 g/mol. The van der Waals surface area contributed by atoms with E-state index in [-0.39, 0.29) is 25.7 Å². The Labute approximate surface area is 658 Å². The van der Waals surface area contributed by atoms with Crippen LogP contribution in [0.25, 0.3) is 0 Å². The minimum absolute atomic E-state index is 0.108. The van der Waals surface area contributed by atoms with E-state index in [1.165, 1.54) is 276 Å². The van der Waals surface area contributed by atoms with E-state index in [4.69, 9.17) is 37.0 Å². The quantitative estimate of drug-likeness (QED) is 0.0222. The van der Waals surface area contributed by atoms with Crippen LogP contribution in [0, 0.1) is 17.8 Å². The van der Waals surface area contributed by atoms with Crippen molar-refractivity contribution in [2.45, 2.75) is 484 Å². The van der Waals surface area contributed by atoms with Crippen LogP contribution in [0.5, 0.6) is 0 Å². The lowest BCUT2D eigenvalue weighted by atomic mass is 9.99. The molecule has 0 aromatic carbocycles. The van der Waals surface area contributed by atoms with E-state index in [0.29, 0.717) is 25.7 Å². The zero-order valence-corrected chi connectivity index (χ0v) is 72.4. The molecule has 19 heteroatoms. The average Bonchev–Trinajstić information content (AvgIpc) is 0.905. The smallest absolute Gasteiger partial charge is 0.462 e. The first-order valence-electron chi connectivity index (χ1n) is 45.4. The summed E-state index contributed by atoms with van der Waals surface area (Å²) in [6, 6.07) is 0. The van der Waals surface area contributed by atoms with Gasteiger partial charge in [0.25, 0.3) is 0 Å². The molecule has 3 N–H and O–H groups in total. The van der Waals surface area contributed by atoms with E-state index < -0.39 is 97.5 Å². The normalized spacial score (nSPS) is 14.3. The molecule has 7 atom stereocenters. The van der Waals surface area contributed by atoms with Gasteiger partial charge in [0.2, 0.25) is 0 Å². The topological polar surface area (TPSA) is 237 Å². The van der Waals surface area contributed by atoms with Crippen molar-refractivity contribution in [1.82, 2.24) is 0 Å². The minimum Gasteiger partial charge on any atom is -0.462 e. The van der Waals surface area contributed by atoms with Crippen LogP contribution in [0.15, 0.2) is 0 Å². The predicted octanol–water partition coefficient (Wildman–Crippen LogP) is 26.9. The van der Waals surface area contributed by atoms with Crippen molar-refractivity contribution in [2.24, 2.45) is 17.8 Å². The van der Waals surface area contributed by atoms with E-state index in [0.717, 1.165) is 108 Å². The summed E-state index contributed by atoms with van der Waals surface area (Å²) in [6.07, 6.45) is 69.3. The second-order valence-electron chi connectivity index (χ2n) is 32.6. The molecule has 0 saturated carbocycles. The van der Waals surface area contributed by atoms with Crippen LogP contribution < -0.4 is 0 Å². The van der Waals surface area contributed by atoms with Crippen molar-refractivity contribution in [1.29, 1.82) is 0 Å². The highest BCUT2D eigenvalue weighted by Gasteiger charge is 2.31. The Morgan fingerprint density at radius 2 is 0.477 bits per heavy atom. The van der Waals surface area contributed by atoms with E-state index in [1.54, 1.807) is 0 Å². The SMILES string of the molecule is CCCCCCCCCCCCCCCCC(=O)O[C@H](COC(=O)CCCCCCCCCCC(C)CC)COP(=O)(O)OC[C@H](O)COP(=O)(O)OC[C@@H](COC(=O)CCCCCCCCCCCCCCCCCCC(C)C)OC(=O)CCCCCCCCCCCCCCCCCCCCC(C)CC. The molecule has 0 fully saturated rings. The number of aliphatic hydroxyl groups excluding tert-OH is 1. The molecule has 0 saturated heterocycles. The van der Waals surface area contributed by atoms with Crippen LogP contribution in [0.4, 0.5) is 0 Å². The van der Waals surface area contributed by atoms with Gasteiger partial charge in [0, 0.05) is 25.7 Å². The molecule has 0 aliphatic carbocycles. The van der Waals surface area contributed by atoms with Gasteiger partial charge in [0.1, 0.15) is 19.3 Å². The zero-order chi connectivity index (χ0) is 78.6. The third kappa shape index (κ3) is 79.1. The highest BCUT2D eigenvalue weighted by molar-refractivity contribution is 7.47. The largest absolute Gasteiger partial charge is 0.472 e. The molecule has 0 rings (SSSR count). The van der Waals surface area contributed by atoms with Crippen LogP contribution in [0.2, 0.25) is 0 Å². The Hall–Kier alpha value is -1.94. The summed E-state index contributed by atoms with van der Waals surface area (Å²) >= 11 is 0. The molecular weight excluding hydrogens is 1390 g/mol. The standard InChI is InChI=1S/C88H172O17P2/c1-8-11-12-13-14-15-16-17-30-36-41-50-57-64-71-87(92)105-84(76-99-86(91)70-63-56-49-44-43-47-54-61-68-81(7)10-3)78-103-107(96,97)101-74-82(89)73-100-106(94,95)102-77-83(75-98-85(90)69-62-55-48-40-35-31-26-23-22-24-28-33-38-45-52-59-66-79(4)5)104-88(93)72-65-58-51-42-37-32-27-21-19-18-20-25-29-34-39-46-53-60-67-80(6)9-2/h79-84,89H,8-78H2,1-7H3,(H,94,95)(H,96,97)/t80?,81?,82-,83-,84-/m1/s1. The van der Waals surface area contributed by atoms with Gasteiger partial charge in [-0.05, 0) is 43.4 Å². The van der Waals surface area contributed by atoms with Gasteiger partial charge in [0.15, 0.2) is 12.2 Å². The van der Waals surface area contributed by atoms with Gasteiger partial charge in [0.05, 0.1) is 26.4 Å². The maximum Gasteiger partial charge on any atom is 0.472 e. The fourth-order valence-electron chi connectivity index (χ4n) is 13.7. The number of hydrogen-bond donors (Lipinski definition) is 3. The Morgan fingerprint density at radius 3 is 0.710 bits per heavy atom. The van der Waals surface area contributed by atoms with Crippen LogP contribution in [-0.2, 0) is 65.4 Å². The first-order chi connectivity index (χ1) is 51.8. The Kier molecular flexibility index (Phi) is 76.6. The van der Waals surface area contributed by atoms with Gasteiger partial charge in [-0.15, -0.1) is 0 Å². The summed E-state index contributed by atoms with van der Waals surface area (Å²) in [5.41, 5.74) is 0. The average molecular weight is 1560 g/mol. The van der Waals surface area contributed by atoms with Crippen molar-refractivity contribution in [3.05, 3.63) is 0 Å². The van der Waals surface area contributed by atoms with Crippen LogP contribution in [0.3, 0.4) is 0 Å². The lowest BCUT2D eigenvalue weighted by Gasteiger charge is -2.21. The molecule has 0 amide bonds. The minimum atomic E-state index is -4.97. The van der Waals surface area contributed by atoms with Crippen molar-refractivity contribution >= 4 is 39.5 Å². The van der Waals surface area contributed by atoms with Crippen LogP contribution in [0.1, 0.15) is 466 Å². The predicted molar refractivity (Wildman–Crippen MR) is 441 cm³/mol. The maximum atomic E-state index is 13.2. The highest BCUT2D eigenvalue weighted by atomic mass is 31.2. The fraction of sp³-hybridized carbons (Fsp3) is 0.955. The molecule has 0 heterocycles. The lowest BCUT2D eigenvalue weighted by Crippen LogP contribution is -2.30. The third-order valence-corrected chi connectivity index (χ3v) is 23.3. The summed E-state index contributed by atoms with van der Waals surface area (Å²) in [6.45, 7) is 12.1. The van der Waals surface area contributed by atoms with Gasteiger partial charge in [-0.25, -0.2) is 9.13 Å². The first kappa shape index (κ1) is 105. The van der Waals surface area contributed by atoms with Crippen molar-refractivity contribution in [3.8, 4) is 0 Å². The number of unbranched alkanes of at least 4 members (excludes halogenated alkanes) is 52. The Balaban J connectivity index is 5.24. The van der Waals surface area contributed by atoms with E-state index >= 15 is 0 Å². The lowest BCUT2D eigenvalue weighted by molar-refractivity contribution is -0.161. The fourth-order valence-corrected chi connectivity index (χ4v) is 15.2. The second-order valence-corrected chi connectivity index (χ2v) is 35.5. The summed E-state index contributed by atoms with van der Waals surface area (Å²) in [4.78, 5) is 73.3. The number of phosphoric ester groups is 2. The molecule has 0 spiro atoms. The summed E-state index contributed by atoms with van der Waals surface area (Å²) in [5, 5.41) is 10.7. The van der Waals surface area contributed by atoms with Crippen LogP contribution >= 0.6 is 15.6 Å². The maximum absolute atomic E-state index is 13.2. The Bertz CT molecular complexity index is 2060. The molecule has 17 nitrogen and oxygen atoms in total. The van der Waals surface area contributed by atoms with Gasteiger partial charge < -0.3 is 33.8 Å². The van der Waals surface area contributed by atoms with Crippen molar-refractivity contribution < 1.29 is 80.2 Å². The third-order valence-electron chi connectivity index (χ3n) is 21.4. The van der Waals surface area contributed by atoms with Crippen LogP contribution in [-0.4, -0.2) is 96.7 Å². The number of phosphoric acid groups is 2. The number of rotatable bonds is 86. The number of carbonyl (C=O) groups is 4. The number of aliphatic hydroxyl groups is 1. The second kappa shape index (κ2) is 78.0. The van der Waals surface area contributed by atoms with Gasteiger partial charge in [-0.3, -0.25) is 37.3 Å². The van der Waals surface area contributed by atoms with E-state index in [1.807, 2.05) is 0 Å². The molecule has 0 aliphatic heterocycles. The zero-order valence-electron chi connectivity index (χ0n) is 70.6. The van der Waals surface area contributed by atoms with Gasteiger partial charge >= 0.3 is 39.5 Å². The molecule has 0 radical (unpaired) electrons. The number of carbonyl (C=O) groups excluding carboxylic acids is 4. The molecule has 0 aliphatic rings. The number of esters is 4. The highest BCUT2D eigenvalue weighted by Crippen LogP contribution is 2.45. The van der Waals surface area contributed by atoms with Gasteiger partial charge in [-0.1, -0.05) is 414 Å².